The van der Waals surface area contributed by atoms with E-state index in [2.05, 4.69) is 0 Å². The van der Waals surface area contributed by atoms with Crippen LogP contribution in [0.4, 0.5) is 5.95 Å². The van der Waals surface area contributed by atoms with Gasteiger partial charge >= 0.3 is 5.97 Å². The number of hydrogen-bond acceptors (Lipinski definition) is 4. The largest absolute Gasteiger partial charge is 0.465 e. The molecule has 2 unspecified atom stereocenters. The molecule has 3 aromatic carbocycles. The number of rotatable bonds is 5. The summed E-state index contributed by atoms with van der Waals surface area (Å²) >= 11 is 6.14. The lowest BCUT2D eigenvalue weighted by Gasteiger charge is -2.38. The summed E-state index contributed by atoms with van der Waals surface area (Å²) in [6.07, 6.45) is 0. The number of esters is 1. The van der Waals surface area contributed by atoms with Crippen LogP contribution in [0.15, 0.2) is 72.8 Å². The zero-order valence-electron chi connectivity index (χ0n) is 18.9. The first-order valence-electron chi connectivity index (χ1n) is 11.2. The number of benzene rings is 3. The van der Waals surface area contributed by atoms with Crippen LogP contribution in [0.1, 0.15) is 29.7 Å². The molecule has 0 spiro atoms. The van der Waals surface area contributed by atoms with Crippen LogP contribution in [0.25, 0.3) is 11.0 Å². The van der Waals surface area contributed by atoms with Crippen molar-refractivity contribution < 1.29 is 14.3 Å². The van der Waals surface area contributed by atoms with Crippen LogP contribution in [-0.4, -0.2) is 28.0 Å². The van der Waals surface area contributed by atoms with Gasteiger partial charge in [0, 0.05) is 5.02 Å². The molecule has 34 heavy (non-hydrogen) atoms. The lowest BCUT2D eigenvalue weighted by Crippen LogP contribution is -2.49. The minimum atomic E-state index is -1.06. The summed E-state index contributed by atoms with van der Waals surface area (Å²) in [5.74, 6) is -1.43. The van der Waals surface area contributed by atoms with Gasteiger partial charge in [0.1, 0.15) is 0 Å². The molecule has 0 saturated heterocycles. The molecular formula is C27H24ClN3O3. The molecule has 0 N–H and O–H groups in total. The van der Waals surface area contributed by atoms with Gasteiger partial charge in [-0.2, -0.15) is 0 Å². The number of fused-ring (bicyclic) bond motifs is 3. The van der Waals surface area contributed by atoms with Crippen LogP contribution >= 0.6 is 11.6 Å². The molecule has 1 aliphatic rings. The van der Waals surface area contributed by atoms with Crippen molar-refractivity contribution in [2.75, 3.05) is 11.5 Å². The molecule has 2 heterocycles. The van der Waals surface area contributed by atoms with Crippen molar-refractivity contribution in [1.29, 1.82) is 0 Å². The summed E-state index contributed by atoms with van der Waals surface area (Å²) in [7, 11) is 0. The highest BCUT2D eigenvalue weighted by Crippen LogP contribution is 2.42. The Labute approximate surface area is 202 Å². The molecule has 0 radical (unpaired) electrons. The molecule has 0 saturated carbocycles. The van der Waals surface area contributed by atoms with Gasteiger partial charge in [-0.05, 0) is 49.2 Å². The molecular weight excluding hydrogens is 450 g/mol. The van der Waals surface area contributed by atoms with E-state index < -0.39 is 17.9 Å². The summed E-state index contributed by atoms with van der Waals surface area (Å²) in [6.45, 7) is 4.24. The number of aromatic nitrogens is 2. The fraction of sp³-hybridized carbons (Fsp3) is 0.222. The predicted molar refractivity (Wildman–Crippen MR) is 132 cm³/mol. The second-order valence-electron chi connectivity index (χ2n) is 8.41. The summed E-state index contributed by atoms with van der Waals surface area (Å²) in [6, 6.07) is 22.3. The number of hydrogen-bond donors (Lipinski definition) is 0. The minimum Gasteiger partial charge on any atom is -0.465 e. The van der Waals surface area contributed by atoms with Gasteiger partial charge in [0.15, 0.2) is 5.92 Å². The van der Waals surface area contributed by atoms with Crippen molar-refractivity contribution in [2.24, 2.45) is 5.92 Å². The zero-order valence-corrected chi connectivity index (χ0v) is 19.7. The van der Waals surface area contributed by atoms with Crippen molar-refractivity contribution in [3.8, 4) is 0 Å². The number of amides is 1. The Morgan fingerprint density at radius 3 is 2.44 bits per heavy atom. The minimum absolute atomic E-state index is 0.186. The Morgan fingerprint density at radius 1 is 1.03 bits per heavy atom. The zero-order chi connectivity index (χ0) is 23.8. The monoisotopic (exact) mass is 473 g/mol. The molecule has 1 aliphatic heterocycles. The molecule has 5 rings (SSSR count). The average molecular weight is 474 g/mol. The number of carbonyl (C=O) groups is 2. The molecule has 2 atom stereocenters. The fourth-order valence-electron chi connectivity index (χ4n) is 4.53. The summed E-state index contributed by atoms with van der Waals surface area (Å²) in [5, 5.41) is 0.579. The molecule has 0 bridgehead atoms. The van der Waals surface area contributed by atoms with Crippen LogP contribution in [0.3, 0.4) is 0 Å². The average Bonchev–Trinajstić information content (AvgIpc) is 3.22. The van der Waals surface area contributed by atoms with Crippen molar-refractivity contribution in [1.82, 2.24) is 9.55 Å². The number of para-hydroxylation sites is 2. The molecule has 172 valence electrons. The fourth-order valence-corrected chi connectivity index (χ4v) is 4.66. The number of anilines is 1. The highest BCUT2D eigenvalue weighted by molar-refractivity contribution is 6.30. The lowest BCUT2D eigenvalue weighted by atomic mass is 9.89. The van der Waals surface area contributed by atoms with Crippen LogP contribution in [0, 0.1) is 12.8 Å². The third-order valence-corrected chi connectivity index (χ3v) is 6.41. The van der Waals surface area contributed by atoms with Crippen molar-refractivity contribution in [3.63, 3.8) is 0 Å². The van der Waals surface area contributed by atoms with Crippen LogP contribution in [-0.2, 0) is 20.9 Å². The Hall–Kier alpha value is -3.64. The molecule has 0 fully saturated rings. The molecule has 7 heteroatoms. The Morgan fingerprint density at radius 2 is 1.74 bits per heavy atom. The topological polar surface area (TPSA) is 64.4 Å². The van der Waals surface area contributed by atoms with Gasteiger partial charge in [0.25, 0.3) is 0 Å². The van der Waals surface area contributed by atoms with Crippen LogP contribution in [0.2, 0.25) is 5.02 Å². The number of carbonyl (C=O) groups excluding carboxylic acids is 2. The number of ether oxygens (including phenoxy) is 1. The van der Waals surface area contributed by atoms with Gasteiger partial charge < -0.3 is 9.30 Å². The molecule has 6 nitrogen and oxygen atoms in total. The first-order valence-corrected chi connectivity index (χ1v) is 11.6. The molecule has 1 aromatic heterocycles. The summed E-state index contributed by atoms with van der Waals surface area (Å²) in [5.41, 5.74) is 4.46. The summed E-state index contributed by atoms with van der Waals surface area (Å²) < 4.78 is 7.38. The number of aryl methyl sites for hydroxylation is 1. The van der Waals surface area contributed by atoms with E-state index in [9.17, 15) is 9.59 Å². The quantitative estimate of drug-likeness (QED) is 0.291. The van der Waals surface area contributed by atoms with Gasteiger partial charge in [-0.3, -0.25) is 14.5 Å². The number of imidazole rings is 1. The van der Waals surface area contributed by atoms with E-state index in [-0.39, 0.29) is 12.5 Å². The molecule has 0 aliphatic carbocycles. The standard InChI is InChI=1S/C27H24ClN3O3/c1-3-34-26(33)23-24(19-12-14-20(28)15-13-19)31-22-7-5-4-6-21(22)29-27(31)30(25(23)32)16-18-10-8-17(2)9-11-18/h4-15,23-24H,3,16H2,1-2H3. The van der Waals surface area contributed by atoms with E-state index in [4.69, 9.17) is 21.3 Å². The molecule has 4 aromatic rings. The van der Waals surface area contributed by atoms with Gasteiger partial charge in [0.2, 0.25) is 11.9 Å². The van der Waals surface area contributed by atoms with Gasteiger partial charge in [-0.15, -0.1) is 0 Å². The maximum Gasteiger partial charge on any atom is 0.321 e. The number of halogens is 1. The highest BCUT2D eigenvalue weighted by atomic mass is 35.5. The number of nitrogens with zero attached hydrogens (tertiary/aromatic N) is 3. The van der Waals surface area contributed by atoms with Crippen LogP contribution < -0.4 is 4.90 Å². The first kappa shape index (κ1) is 22.2. The maximum absolute atomic E-state index is 13.9. The van der Waals surface area contributed by atoms with E-state index in [0.29, 0.717) is 17.5 Å². The highest BCUT2D eigenvalue weighted by Gasteiger charge is 2.47. The Bertz CT molecular complexity index is 1360. The van der Waals surface area contributed by atoms with E-state index in [1.807, 2.05) is 72.2 Å². The Kier molecular flexibility index (Phi) is 5.84. The SMILES string of the molecule is CCOC(=O)C1C(=O)N(Cc2ccc(C)cc2)c2nc3ccccc3n2C1c1ccc(Cl)cc1. The van der Waals surface area contributed by atoms with Gasteiger partial charge in [-0.1, -0.05) is 65.7 Å². The van der Waals surface area contributed by atoms with Gasteiger partial charge in [-0.25, -0.2) is 4.98 Å². The van der Waals surface area contributed by atoms with E-state index in [1.165, 1.54) is 0 Å². The lowest BCUT2D eigenvalue weighted by molar-refractivity contribution is -0.153. The second kappa shape index (κ2) is 8.95. The van der Waals surface area contributed by atoms with Crippen LogP contribution in [0.5, 0.6) is 0 Å². The van der Waals surface area contributed by atoms with E-state index in [1.54, 1.807) is 24.0 Å². The van der Waals surface area contributed by atoms with Crippen molar-refractivity contribution in [2.45, 2.75) is 26.4 Å². The third-order valence-electron chi connectivity index (χ3n) is 6.16. The molecule has 1 amide bonds. The third kappa shape index (κ3) is 3.84. The van der Waals surface area contributed by atoms with E-state index >= 15 is 0 Å². The van der Waals surface area contributed by atoms with Crippen molar-refractivity contribution in [3.05, 3.63) is 94.5 Å². The predicted octanol–water partition coefficient (Wildman–Crippen LogP) is 5.31. The normalized spacial score (nSPS) is 17.6. The van der Waals surface area contributed by atoms with Gasteiger partial charge in [0.05, 0.1) is 30.2 Å². The summed E-state index contributed by atoms with van der Waals surface area (Å²) in [4.78, 5) is 33.6. The maximum atomic E-state index is 13.9. The van der Waals surface area contributed by atoms with E-state index in [0.717, 1.165) is 27.7 Å². The Balaban J connectivity index is 1.73. The van der Waals surface area contributed by atoms with Crippen molar-refractivity contribution >= 4 is 40.5 Å². The second-order valence-corrected chi connectivity index (χ2v) is 8.84. The first-order chi connectivity index (χ1) is 16.5. The smallest absolute Gasteiger partial charge is 0.321 e.